The van der Waals surface area contributed by atoms with Gasteiger partial charge in [0.05, 0.1) is 4.92 Å². The number of nitro benzene ring substituents is 1. The van der Waals surface area contributed by atoms with Crippen LogP contribution in [0.5, 0.6) is 0 Å². The van der Waals surface area contributed by atoms with Gasteiger partial charge in [0.1, 0.15) is 23.2 Å². The van der Waals surface area contributed by atoms with Crippen LogP contribution < -0.4 is 5.32 Å². The van der Waals surface area contributed by atoms with E-state index in [0.717, 1.165) is 0 Å². The van der Waals surface area contributed by atoms with Gasteiger partial charge in [-0.2, -0.15) is 0 Å². The Kier molecular flexibility index (Phi) is 4.98. The number of aryl methyl sites for hydroxylation is 2. The molecule has 0 saturated heterocycles. The quantitative estimate of drug-likeness (QED) is 0.553. The smallest absolute Gasteiger partial charge is 0.285 e. The number of carbonyl (C=O) groups is 1. The average molecular weight is 368 g/mol. The molecule has 0 aliphatic heterocycles. The van der Waals surface area contributed by atoms with Crippen molar-refractivity contribution >= 4 is 11.6 Å². The summed E-state index contributed by atoms with van der Waals surface area (Å²) in [6.45, 7) is 1.56. The summed E-state index contributed by atoms with van der Waals surface area (Å²) in [5.74, 6) is -0.782. The summed E-state index contributed by atoms with van der Waals surface area (Å²) in [5, 5.41) is 14.1. The van der Waals surface area contributed by atoms with Crippen molar-refractivity contribution in [1.82, 2.24) is 14.9 Å². The molecule has 1 aromatic heterocycles. The highest BCUT2D eigenvalue weighted by atomic mass is 19.1. The van der Waals surface area contributed by atoms with Gasteiger partial charge in [0.2, 0.25) is 0 Å². The van der Waals surface area contributed by atoms with Crippen LogP contribution in [0.4, 0.5) is 10.1 Å². The van der Waals surface area contributed by atoms with Gasteiger partial charge < -0.3 is 9.88 Å². The number of imidazole rings is 1. The van der Waals surface area contributed by atoms with Crippen molar-refractivity contribution in [3.63, 3.8) is 0 Å². The zero-order chi connectivity index (χ0) is 19.6. The molecule has 3 aromatic rings. The van der Waals surface area contributed by atoms with Crippen LogP contribution in [-0.2, 0) is 7.05 Å². The molecule has 7 nitrogen and oxygen atoms in total. The fourth-order valence-electron chi connectivity index (χ4n) is 2.94. The second kappa shape index (κ2) is 7.36. The van der Waals surface area contributed by atoms with Crippen molar-refractivity contribution in [2.45, 2.75) is 13.0 Å². The number of amides is 1. The molecule has 0 aliphatic carbocycles. The SMILES string of the molecule is Cc1cccc(C(=O)N[C@H](c2ccccc2F)c2nccn2C)c1[N+](=O)[O-]. The van der Waals surface area contributed by atoms with Crippen molar-refractivity contribution in [2.24, 2.45) is 7.05 Å². The number of para-hydroxylation sites is 1. The summed E-state index contributed by atoms with van der Waals surface area (Å²) in [5.41, 5.74) is 0.222. The third kappa shape index (κ3) is 3.55. The van der Waals surface area contributed by atoms with E-state index in [-0.39, 0.29) is 16.8 Å². The van der Waals surface area contributed by atoms with Crippen LogP contribution in [0.1, 0.15) is 33.4 Å². The monoisotopic (exact) mass is 368 g/mol. The average Bonchev–Trinajstić information content (AvgIpc) is 3.05. The number of benzene rings is 2. The number of hydrogen-bond acceptors (Lipinski definition) is 4. The summed E-state index contributed by atoms with van der Waals surface area (Å²) in [7, 11) is 1.72. The van der Waals surface area contributed by atoms with Gasteiger partial charge in [-0.1, -0.05) is 30.3 Å². The van der Waals surface area contributed by atoms with Gasteiger partial charge in [-0.15, -0.1) is 0 Å². The van der Waals surface area contributed by atoms with E-state index in [1.807, 2.05) is 0 Å². The van der Waals surface area contributed by atoms with Gasteiger partial charge >= 0.3 is 0 Å². The molecule has 1 amide bonds. The lowest BCUT2D eigenvalue weighted by Crippen LogP contribution is -2.32. The van der Waals surface area contributed by atoms with Gasteiger partial charge in [-0.25, -0.2) is 9.37 Å². The first kappa shape index (κ1) is 18.2. The van der Waals surface area contributed by atoms with Gasteiger partial charge in [0, 0.05) is 30.6 Å². The van der Waals surface area contributed by atoms with Crippen LogP contribution in [0.25, 0.3) is 0 Å². The van der Waals surface area contributed by atoms with E-state index in [4.69, 9.17) is 0 Å². The van der Waals surface area contributed by atoms with E-state index >= 15 is 0 Å². The van der Waals surface area contributed by atoms with Crippen molar-refractivity contribution in [1.29, 1.82) is 0 Å². The Hall–Kier alpha value is -3.55. The number of aromatic nitrogens is 2. The number of halogens is 1. The molecule has 0 unspecified atom stereocenters. The first-order chi connectivity index (χ1) is 12.9. The Bertz CT molecular complexity index is 1020. The van der Waals surface area contributed by atoms with Gasteiger partial charge in [0.25, 0.3) is 11.6 Å². The van der Waals surface area contributed by atoms with Crippen LogP contribution in [0, 0.1) is 22.9 Å². The molecular weight excluding hydrogens is 351 g/mol. The zero-order valence-corrected chi connectivity index (χ0v) is 14.7. The Morgan fingerprint density at radius 2 is 2.00 bits per heavy atom. The minimum Gasteiger partial charge on any atom is -0.338 e. The molecule has 0 aliphatic rings. The van der Waals surface area contributed by atoms with Gasteiger partial charge in [-0.05, 0) is 19.1 Å². The zero-order valence-electron chi connectivity index (χ0n) is 14.7. The normalized spacial score (nSPS) is 11.8. The highest BCUT2D eigenvalue weighted by molar-refractivity contribution is 5.99. The predicted octanol–water partition coefficient (Wildman–Crippen LogP) is 3.30. The highest BCUT2D eigenvalue weighted by Crippen LogP contribution is 2.27. The minimum atomic E-state index is -0.904. The summed E-state index contributed by atoms with van der Waals surface area (Å²) in [6, 6.07) is 9.61. The maximum atomic E-state index is 14.4. The molecule has 3 rings (SSSR count). The second-order valence-corrected chi connectivity index (χ2v) is 6.05. The Balaban J connectivity index is 2.05. The molecule has 138 valence electrons. The molecule has 2 aromatic carbocycles. The lowest BCUT2D eigenvalue weighted by molar-refractivity contribution is -0.385. The summed E-state index contributed by atoms with van der Waals surface area (Å²) in [6.07, 6.45) is 3.20. The molecule has 1 atom stereocenters. The van der Waals surface area contributed by atoms with E-state index in [2.05, 4.69) is 10.3 Å². The Labute approximate surface area is 154 Å². The molecule has 27 heavy (non-hydrogen) atoms. The molecule has 0 radical (unpaired) electrons. The molecule has 0 spiro atoms. The fourth-order valence-corrected chi connectivity index (χ4v) is 2.94. The molecule has 0 bridgehead atoms. The lowest BCUT2D eigenvalue weighted by atomic mass is 10.0. The van der Waals surface area contributed by atoms with E-state index in [1.54, 1.807) is 55.1 Å². The van der Waals surface area contributed by atoms with Crippen LogP contribution >= 0.6 is 0 Å². The Morgan fingerprint density at radius 1 is 1.26 bits per heavy atom. The summed E-state index contributed by atoms with van der Waals surface area (Å²) >= 11 is 0. The van der Waals surface area contributed by atoms with Crippen molar-refractivity contribution in [2.75, 3.05) is 0 Å². The van der Waals surface area contributed by atoms with Crippen LogP contribution in [0.2, 0.25) is 0 Å². The van der Waals surface area contributed by atoms with Crippen LogP contribution in [0.15, 0.2) is 54.9 Å². The third-order valence-corrected chi connectivity index (χ3v) is 4.27. The highest BCUT2D eigenvalue weighted by Gasteiger charge is 2.28. The van der Waals surface area contributed by atoms with Gasteiger partial charge in [-0.3, -0.25) is 14.9 Å². The number of rotatable bonds is 5. The largest absolute Gasteiger partial charge is 0.338 e. The lowest BCUT2D eigenvalue weighted by Gasteiger charge is -2.20. The van der Waals surface area contributed by atoms with E-state index in [9.17, 15) is 19.3 Å². The number of nitrogens with zero attached hydrogens (tertiary/aromatic N) is 3. The molecule has 8 heteroatoms. The molecular formula is C19H17FN4O3. The molecule has 0 saturated carbocycles. The fraction of sp³-hybridized carbons (Fsp3) is 0.158. The number of hydrogen-bond donors (Lipinski definition) is 1. The molecule has 1 heterocycles. The van der Waals surface area contributed by atoms with Crippen LogP contribution in [0.3, 0.4) is 0 Å². The summed E-state index contributed by atoms with van der Waals surface area (Å²) in [4.78, 5) is 27.8. The number of nitrogens with one attached hydrogen (secondary N) is 1. The first-order valence-corrected chi connectivity index (χ1v) is 8.16. The molecule has 0 fully saturated rings. The minimum absolute atomic E-state index is 0.0875. The van der Waals surface area contributed by atoms with Crippen molar-refractivity contribution < 1.29 is 14.1 Å². The second-order valence-electron chi connectivity index (χ2n) is 6.05. The first-order valence-electron chi connectivity index (χ1n) is 8.16. The number of carbonyl (C=O) groups excluding carboxylic acids is 1. The third-order valence-electron chi connectivity index (χ3n) is 4.27. The van der Waals surface area contributed by atoms with Crippen LogP contribution in [-0.4, -0.2) is 20.4 Å². The van der Waals surface area contributed by atoms with Gasteiger partial charge in [0.15, 0.2) is 0 Å². The van der Waals surface area contributed by atoms with E-state index in [1.165, 1.54) is 18.3 Å². The van der Waals surface area contributed by atoms with E-state index in [0.29, 0.717) is 11.4 Å². The maximum absolute atomic E-state index is 14.4. The maximum Gasteiger partial charge on any atom is 0.285 e. The predicted molar refractivity (Wildman–Crippen MR) is 96.8 cm³/mol. The Morgan fingerprint density at radius 3 is 2.63 bits per heavy atom. The number of nitro groups is 1. The van der Waals surface area contributed by atoms with E-state index < -0.39 is 22.7 Å². The topological polar surface area (TPSA) is 90.1 Å². The van der Waals surface area contributed by atoms with Crippen molar-refractivity contribution in [3.8, 4) is 0 Å². The molecule has 1 N–H and O–H groups in total. The van der Waals surface area contributed by atoms with Crippen molar-refractivity contribution in [3.05, 3.63) is 93.3 Å². The summed E-state index contributed by atoms with van der Waals surface area (Å²) < 4.78 is 16.0. The standard InChI is InChI=1S/C19H17FN4O3/c1-12-6-5-8-14(17(12)24(26)27)19(25)22-16(18-21-10-11-23(18)2)13-7-3-4-9-15(13)20/h3-11,16H,1-2H3,(H,22,25)/t16-/m1/s1.